The third-order valence-corrected chi connectivity index (χ3v) is 5.21. The Balaban J connectivity index is 1.53. The van der Waals surface area contributed by atoms with Gasteiger partial charge in [0.2, 0.25) is 0 Å². The van der Waals surface area contributed by atoms with Crippen LogP contribution >= 0.6 is 0 Å². The van der Waals surface area contributed by atoms with E-state index in [-0.39, 0.29) is 17.8 Å². The van der Waals surface area contributed by atoms with Crippen molar-refractivity contribution >= 4 is 16.9 Å². The first-order chi connectivity index (χ1) is 10.6. The van der Waals surface area contributed by atoms with E-state index in [2.05, 4.69) is 16.9 Å². The lowest BCUT2D eigenvalue weighted by Crippen LogP contribution is -2.43. The van der Waals surface area contributed by atoms with Crippen molar-refractivity contribution in [2.75, 3.05) is 7.05 Å². The number of H-pyrrole nitrogens is 1. The zero-order chi connectivity index (χ0) is 15.3. The van der Waals surface area contributed by atoms with Crippen LogP contribution in [0.2, 0.25) is 0 Å². The first-order valence-corrected chi connectivity index (χ1v) is 7.85. The summed E-state index contributed by atoms with van der Waals surface area (Å²) in [5.74, 6) is -0.149. The van der Waals surface area contributed by atoms with E-state index in [9.17, 15) is 9.90 Å². The fraction of sp³-hybridized carbons (Fsp3) is 0.471. The van der Waals surface area contributed by atoms with Crippen LogP contribution in [0.15, 0.2) is 24.4 Å². The number of aromatic hydroxyl groups is 1. The highest BCUT2D eigenvalue weighted by Gasteiger charge is 2.40. The molecule has 5 heteroatoms. The zero-order valence-electron chi connectivity index (χ0n) is 12.6. The van der Waals surface area contributed by atoms with E-state index >= 15 is 0 Å². The fourth-order valence-electron chi connectivity index (χ4n) is 3.95. The van der Waals surface area contributed by atoms with E-state index < -0.39 is 0 Å². The standard InChI is InChI=1S/C17H20N2O3/c1-19-10-2-3-11(19)7-13(6-10)22-17(21)15-9-18-16-5-4-12(20)8-14(15)16/h4-5,8-11,13,18,20H,2-3,6-7H2,1H3/t10-,11+,13?. The van der Waals surface area contributed by atoms with Gasteiger partial charge in [0.15, 0.2) is 0 Å². The van der Waals surface area contributed by atoms with Gasteiger partial charge in [-0.1, -0.05) is 0 Å². The van der Waals surface area contributed by atoms with E-state index in [1.165, 1.54) is 12.8 Å². The van der Waals surface area contributed by atoms with Crippen LogP contribution < -0.4 is 0 Å². The molecule has 5 nitrogen and oxygen atoms in total. The van der Waals surface area contributed by atoms with Gasteiger partial charge in [-0.2, -0.15) is 0 Å². The second kappa shape index (κ2) is 5.02. The van der Waals surface area contributed by atoms with Crippen LogP contribution in [0.4, 0.5) is 0 Å². The van der Waals surface area contributed by atoms with Crippen LogP contribution in [0.3, 0.4) is 0 Å². The van der Waals surface area contributed by atoms with Gasteiger partial charge in [0, 0.05) is 42.0 Å². The molecule has 3 atom stereocenters. The predicted molar refractivity (Wildman–Crippen MR) is 83.0 cm³/mol. The molecule has 2 aromatic rings. The Morgan fingerprint density at radius 3 is 2.77 bits per heavy atom. The smallest absolute Gasteiger partial charge is 0.340 e. The number of hydrogen-bond donors (Lipinski definition) is 2. The lowest BCUT2D eigenvalue weighted by Gasteiger charge is -2.35. The maximum absolute atomic E-state index is 12.5. The average Bonchev–Trinajstić information content (AvgIpc) is 2.97. The number of phenolic OH excluding ortho intramolecular Hbond substituents is 1. The monoisotopic (exact) mass is 300 g/mol. The van der Waals surface area contributed by atoms with Crippen molar-refractivity contribution in [1.82, 2.24) is 9.88 Å². The van der Waals surface area contributed by atoms with Gasteiger partial charge in [-0.25, -0.2) is 4.79 Å². The number of esters is 1. The maximum Gasteiger partial charge on any atom is 0.340 e. The molecule has 2 saturated heterocycles. The van der Waals surface area contributed by atoms with Crippen molar-refractivity contribution in [2.24, 2.45) is 0 Å². The zero-order valence-corrected chi connectivity index (χ0v) is 12.6. The molecule has 1 unspecified atom stereocenters. The molecule has 0 spiro atoms. The number of ether oxygens (including phenoxy) is 1. The number of nitrogens with zero attached hydrogens (tertiary/aromatic N) is 1. The molecule has 2 aliphatic heterocycles. The van der Waals surface area contributed by atoms with Crippen molar-refractivity contribution in [2.45, 2.75) is 43.9 Å². The van der Waals surface area contributed by atoms with E-state index in [1.807, 2.05) is 0 Å². The van der Waals surface area contributed by atoms with Gasteiger partial charge in [-0.15, -0.1) is 0 Å². The van der Waals surface area contributed by atoms with Gasteiger partial charge >= 0.3 is 5.97 Å². The molecule has 4 rings (SSSR count). The first-order valence-electron chi connectivity index (χ1n) is 7.85. The average molecular weight is 300 g/mol. The summed E-state index contributed by atoms with van der Waals surface area (Å²) < 4.78 is 5.75. The number of aromatic amines is 1. The number of phenols is 1. The predicted octanol–water partition coefficient (Wildman–Crippen LogP) is 2.66. The van der Waals surface area contributed by atoms with Crippen molar-refractivity contribution in [3.8, 4) is 5.75 Å². The van der Waals surface area contributed by atoms with Gasteiger partial charge < -0.3 is 19.7 Å². The fourth-order valence-corrected chi connectivity index (χ4v) is 3.95. The Morgan fingerprint density at radius 2 is 2.05 bits per heavy atom. The number of nitrogens with one attached hydrogen (secondary N) is 1. The Morgan fingerprint density at radius 1 is 1.32 bits per heavy atom. The Kier molecular flexibility index (Phi) is 3.11. The van der Waals surface area contributed by atoms with E-state index in [1.54, 1.807) is 24.4 Å². The quantitative estimate of drug-likeness (QED) is 0.837. The van der Waals surface area contributed by atoms with Crippen LogP contribution in [0.5, 0.6) is 5.75 Å². The highest BCUT2D eigenvalue weighted by molar-refractivity contribution is 6.04. The molecule has 0 radical (unpaired) electrons. The highest BCUT2D eigenvalue weighted by Crippen LogP contribution is 2.36. The summed E-state index contributed by atoms with van der Waals surface area (Å²) in [6.07, 6.45) is 5.92. The lowest BCUT2D eigenvalue weighted by atomic mass is 10.0. The minimum atomic E-state index is -0.300. The first kappa shape index (κ1) is 13.6. The Labute approximate surface area is 128 Å². The molecule has 0 amide bonds. The van der Waals surface area contributed by atoms with Gasteiger partial charge in [0.1, 0.15) is 11.9 Å². The molecule has 22 heavy (non-hydrogen) atoms. The summed E-state index contributed by atoms with van der Waals surface area (Å²) in [4.78, 5) is 18.0. The molecule has 3 heterocycles. The third-order valence-electron chi connectivity index (χ3n) is 5.21. The topological polar surface area (TPSA) is 65.6 Å². The molecule has 2 fully saturated rings. The van der Waals surface area contributed by atoms with Crippen LogP contribution in [0, 0.1) is 0 Å². The summed E-state index contributed by atoms with van der Waals surface area (Å²) in [6, 6.07) is 6.05. The minimum absolute atomic E-state index is 0.00320. The van der Waals surface area contributed by atoms with Crippen LogP contribution in [-0.2, 0) is 4.74 Å². The van der Waals surface area contributed by atoms with Crippen LogP contribution in [-0.4, -0.2) is 46.2 Å². The largest absolute Gasteiger partial charge is 0.508 e. The summed E-state index contributed by atoms with van der Waals surface area (Å²) >= 11 is 0. The normalized spacial score (nSPS) is 28.1. The van der Waals surface area contributed by atoms with Crippen LogP contribution in [0.25, 0.3) is 10.9 Å². The van der Waals surface area contributed by atoms with E-state index in [0.29, 0.717) is 23.0 Å². The second-order valence-electron chi connectivity index (χ2n) is 6.48. The number of aromatic nitrogens is 1. The van der Waals surface area contributed by atoms with Gasteiger partial charge in [0.25, 0.3) is 0 Å². The molecule has 2 bridgehead atoms. The molecular formula is C17H20N2O3. The number of carbonyl (C=O) groups excluding carboxylic acids is 1. The molecule has 0 aliphatic carbocycles. The summed E-state index contributed by atoms with van der Waals surface area (Å²) in [6.45, 7) is 0. The number of fused-ring (bicyclic) bond motifs is 3. The van der Waals surface area contributed by atoms with Gasteiger partial charge in [0.05, 0.1) is 5.56 Å². The molecule has 0 saturated carbocycles. The second-order valence-corrected chi connectivity index (χ2v) is 6.48. The van der Waals surface area contributed by atoms with Crippen LogP contribution in [0.1, 0.15) is 36.0 Å². The molecule has 116 valence electrons. The van der Waals surface area contributed by atoms with E-state index in [4.69, 9.17) is 4.74 Å². The Hall–Kier alpha value is -2.01. The number of piperidine rings is 1. The number of carbonyl (C=O) groups is 1. The van der Waals surface area contributed by atoms with Gasteiger partial charge in [-0.3, -0.25) is 0 Å². The van der Waals surface area contributed by atoms with Crippen molar-refractivity contribution < 1.29 is 14.6 Å². The molecule has 1 aromatic carbocycles. The SMILES string of the molecule is CN1[C@@H]2CC[C@H]1CC(OC(=O)c1c[nH]c3ccc(O)cc13)C2. The number of rotatable bonds is 2. The number of hydrogen-bond acceptors (Lipinski definition) is 4. The maximum atomic E-state index is 12.5. The highest BCUT2D eigenvalue weighted by atomic mass is 16.5. The number of benzene rings is 1. The van der Waals surface area contributed by atoms with Crippen molar-refractivity contribution in [3.05, 3.63) is 30.0 Å². The summed E-state index contributed by atoms with van der Waals surface area (Å²) in [5.41, 5.74) is 1.32. The summed E-state index contributed by atoms with van der Waals surface area (Å²) in [5, 5.41) is 10.3. The van der Waals surface area contributed by atoms with E-state index in [0.717, 1.165) is 18.4 Å². The van der Waals surface area contributed by atoms with Gasteiger partial charge in [-0.05, 0) is 38.1 Å². The van der Waals surface area contributed by atoms with Crippen molar-refractivity contribution in [1.29, 1.82) is 0 Å². The Bertz CT molecular complexity index is 710. The molecule has 2 N–H and O–H groups in total. The third kappa shape index (κ3) is 2.16. The van der Waals surface area contributed by atoms with Crippen molar-refractivity contribution in [3.63, 3.8) is 0 Å². The lowest BCUT2D eigenvalue weighted by molar-refractivity contribution is -0.000257. The molecular weight excluding hydrogens is 280 g/mol. The molecule has 1 aromatic heterocycles. The molecule has 2 aliphatic rings. The minimum Gasteiger partial charge on any atom is -0.508 e. The summed E-state index contributed by atoms with van der Waals surface area (Å²) in [7, 11) is 2.17.